The minimum Gasteiger partial charge on any atom is -0.399 e. The number of hydrogen-bond acceptors (Lipinski definition) is 8. The van der Waals surface area contributed by atoms with E-state index in [1.807, 2.05) is 48.5 Å². The number of benzene rings is 5. The lowest BCUT2D eigenvalue weighted by Crippen LogP contribution is -2.29. The number of nitrogens with zero attached hydrogens (tertiary/aromatic N) is 2. The van der Waals surface area contributed by atoms with Gasteiger partial charge < -0.3 is 16.4 Å². The van der Waals surface area contributed by atoms with Crippen molar-refractivity contribution >= 4 is 82.2 Å². The zero-order chi connectivity index (χ0) is 48.6. The Kier molecular flexibility index (Phi) is 13.1. The molecule has 14 heteroatoms. The molecule has 3 aliphatic rings. The van der Waals surface area contributed by atoms with Crippen LogP contribution in [0.2, 0.25) is 1.41 Å². The number of fused-ring (bicyclic) bond motifs is 6. The van der Waals surface area contributed by atoms with Gasteiger partial charge in [-0.1, -0.05) is 92.4 Å². The van der Waals surface area contributed by atoms with Crippen LogP contribution in [0.1, 0.15) is 77.3 Å². The van der Waals surface area contributed by atoms with Crippen molar-refractivity contribution in [3.05, 3.63) is 154 Å². The Morgan fingerprint density at radius 1 is 0.776 bits per heavy atom. The first-order chi connectivity index (χ1) is 32.3. The zero-order valence-electron chi connectivity index (χ0n) is 39.3. The minimum atomic E-state index is -4.12. The van der Waals surface area contributed by atoms with Gasteiger partial charge in [0.15, 0.2) is 7.12 Å². The monoisotopic (exact) mass is 960 g/mol. The van der Waals surface area contributed by atoms with Gasteiger partial charge in [0.2, 0.25) is 11.6 Å². The van der Waals surface area contributed by atoms with E-state index >= 15 is 0 Å². The number of unbranched alkanes of at least 4 members (excludes halogenated alkanes) is 2. The summed E-state index contributed by atoms with van der Waals surface area (Å²) in [4.78, 5) is 17.8. The third kappa shape index (κ3) is 10.2. The number of carbonyl (C=O) groups excluding carboxylic acids is 1. The van der Waals surface area contributed by atoms with Crippen molar-refractivity contribution in [3.63, 3.8) is 0 Å². The summed E-state index contributed by atoms with van der Waals surface area (Å²) >= 11 is 1.59. The molecule has 350 valence electrons. The Hall–Kier alpha value is -5.51. The van der Waals surface area contributed by atoms with E-state index in [-0.39, 0.29) is 30.3 Å². The van der Waals surface area contributed by atoms with Gasteiger partial charge in [-0.15, -0.1) is 0 Å². The topological polar surface area (TPSA) is 184 Å². The molecule has 5 aromatic carbocycles. The maximum atomic E-state index is 13.6. The van der Waals surface area contributed by atoms with Crippen LogP contribution in [0.3, 0.4) is 0 Å². The lowest BCUT2D eigenvalue weighted by Gasteiger charge is -2.29. The fourth-order valence-electron chi connectivity index (χ4n) is 10.3. The van der Waals surface area contributed by atoms with Crippen LogP contribution in [0.4, 0.5) is 17.1 Å². The van der Waals surface area contributed by atoms with Gasteiger partial charge in [0.1, 0.15) is 6.54 Å². The van der Waals surface area contributed by atoms with Gasteiger partial charge >= 0.3 is 0 Å². The molecular formula is C53H59N4O7S3+. The van der Waals surface area contributed by atoms with Gasteiger partial charge in [0.25, 0.3) is 20.2 Å². The summed E-state index contributed by atoms with van der Waals surface area (Å²) in [5.41, 5.74) is 16.2. The van der Waals surface area contributed by atoms with Gasteiger partial charge in [0, 0.05) is 68.9 Å². The fraction of sp³-hybridized carbons (Fsp3) is 0.321. The summed E-state index contributed by atoms with van der Waals surface area (Å²) in [6.45, 7) is 9.81. The highest BCUT2D eigenvalue weighted by atomic mass is 32.2. The third-order valence-corrected chi connectivity index (χ3v) is 16.3. The molecule has 0 fully saturated rings. The molecular weight excluding hydrogens is 901 g/mol. The number of rotatable bonds is 16. The molecule has 1 amide bonds. The molecule has 0 aromatic heterocycles. The zero-order valence-corrected chi connectivity index (χ0v) is 40.8. The molecule has 1 unspecified atom stereocenters. The average Bonchev–Trinajstić information content (AvgIpc) is 3.65. The molecule has 6 N–H and O–H groups in total. The van der Waals surface area contributed by atoms with E-state index in [9.17, 15) is 30.7 Å². The molecule has 2 aliphatic heterocycles. The molecule has 1 atom stereocenters. The van der Waals surface area contributed by atoms with Crippen molar-refractivity contribution in [1.82, 2.24) is 0 Å². The van der Waals surface area contributed by atoms with E-state index in [1.54, 1.807) is 11.8 Å². The van der Waals surface area contributed by atoms with Crippen LogP contribution in [-0.2, 0) is 35.9 Å². The third-order valence-electron chi connectivity index (χ3n) is 13.4. The molecule has 11 nitrogen and oxygen atoms in total. The average molecular weight is 961 g/mol. The lowest BCUT2D eigenvalue weighted by molar-refractivity contribution is -0.438. The standard InChI is InChI=1S/C53H58N4O7S3/c1-52(2)46(56(29-9-11-31-66(59,60)61)44-25-17-35-13-5-7-15-42(35)48(44)52)27-19-37-33-39(51(55)58)34-38(50(37)65-41-23-21-40(54)22-24-41)20-28-47-53(3,4)49-43-16-8-6-14-36(43)18-26-45(49)57(47)30-10-12-32-67(62,63)64/h5-8,13-28,39H,9-12,29-34,54H2,1-4H3,(H3-,55,58,59,60,61,62,63,64)/p+1/i/hD. The predicted octanol–water partition coefficient (Wildman–Crippen LogP) is 10.4. The van der Waals surface area contributed by atoms with Gasteiger partial charge in [0.05, 0.1) is 16.9 Å². The molecule has 0 spiro atoms. The van der Waals surface area contributed by atoms with Crippen molar-refractivity contribution in [3.8, 4) is 0 Å². The van der Waals surface area contributed by atoms with Crippen molar-refractivity contribution in [1.29, 1.82) is 0 Å². The number of amides is 1. The van der Waals surface area contributed by atoms with Crippen LogP contribution in [0.15, 0.2) is 148 Å². The molecule has 0 bridgehead atoms. The Morgan fingerprint density at radius 2 is 1.40 bits per heavy atom. The Morgan fingerprint density at radius 3 is 2.06 bits per heavy atom. The van der Waals surface area contributed by atoms with Crippen molar-refractivity contribution in [2.75, 3.05) is 35.2 Å². The van der Waals surface area contributed by atoms with E-state index in [1.165, 1.54) is 0 Å². The molecule has 8 rings (SSSR count). The lowest BCUT2D eigenvalue weighted by atomic mass is 9.78. The summed E-state index contributed by atoms with van der Waals surface area (Å²) in [7, 11) is -8.24. The number of carbonyl (C=O) groups is 1. The summed E-state index contributed by atoms with van der Waals surface area (Å²) < 4.78 is 76.1. The van der Waals surface area contributed by atoms with Gasteiger partial charge in [-0.25, -0.2) is 0 Å². The van der Waals surface area contributed by atoms with Crippen molar-refractivity contribution in [2.45, 2.75) is 81.9 Å². The Bertz CT molecular complexity index is 3190. The molecule has 5 aromatic rings. The quantitative estimate of drug-likeness (QED) is 0.0321. The van der Waals surface area contributed by atoms with Crippen LogP contribution in [0, 0.1) is 5.92 Å². The first kappa shape index (κ1) is 46.6. The van der Waals surface area contributed by atoms with Gasteiger partial charge in [-0.3, -0.25) is 13.9 Å². The minimum absolute atomic E-state index is 0.289. The maximum absolute atomic E-state index is 13.6. The number of anilines is 2. The Balaban J connectivity index is 1.28. The number of hydrogen-bond donors (Lipinski definition) is 4. The largest absolute Gasteiger partial charge is 0.399 e. The molecule has 0 saturated heterocycles. The van der Waals surface area contributed by atoms with E-state index in [0.717, 1.165) is 76.4 Å². The Labute approximate surface area is 400 Å². The molecule has 0 saturated carbocycles. The second-order valence-electron chi connectivity index (χ2n) is 18.9. The predicted molar refractivity (Wildman–Crippen MR) is 273 cm³/mol. The van der Waals surface area contributed by atoms with Crippen LogP contribution < -0.4 is 16.4 Å². The maximum Gasteiger partial charge on any atom is 0.264 e. The fourth-order valence-corrected chi connectivity index (χ4v) is 12.5. The summed E-state index contributed by atoms with van der Waals surface area (Å²) in [5.74, 6) is -1.59. The molecule has 0 radical (unpaired) electrons. The summed E-state index contributed by atoms with van der Waals surface area (Å²) in [6.07, 6.45) is 10.8. The second-order valence-corrected chi connectivity index (χ2v) is 23.1. The number of primary amides is 1. The first-order valence-electron chi connectivity index (χ1n) is 23.2. The van der Waals surface area contributed by atoms with E-state index in [0.29, 0.717) is 44.5 Å². The molecule has 1 aliphatic carbocycles. The summed E-state index contributed by atoms with van der Waals surface area (Å²) in [6, 6.07) is 32.7. The highest BCUT2D eigenvalue weighted by Gasteiger charge is 2.46. The highest BCUT2D eigenvalue weighted by Crippen LogP contribution is 2.52. The SMILES string of the molecule is [2H]NC(=O)C1CC(/C=C/C2=[N+](CCCCS(=O)(=O)O)c3ccc4ccccc4c3C2(C)C)=C(Sc2ccc(N)cc2)C(=C/C=C2/N(CCCCS(=O)(=O)O)c3ccc4ccccc4c3C2(C)C)/C1. The van der Waals surface area contributed by atoms with Crippen LogP contribution in [0.25, 0.3) is 21.5 Å². The van der Waals surface area contributed by atoms with Gasteiger partial charge in [-0.2, -0.15) is 21.4 Å². The van der Waals surface area contributed by atoms with E-state index in [4.69, 9.17) is 7.15 Å². The van der Waals surface area contributed by atoms with Crippen molar-refractivity contribution < 1.29 is 36.7 Å². The molecule has 67 heavy (non-hydrogen) atoms. The first-order valence-corrected chi connectivity index (χ1v) is 26.8. The molecule has 2 heterocycles. The smallest absolute Gasteiger partial charge is 0.264 e. The van der Waals surface area contributed by atoms with E-state index < -0.39 is 37.0 Å². The van der Waals surface area contributed by atoms with Crippen molar-refractivity contribution in [2.24, 2.45) is 11.6 Å². The second kappa shape index (κ2) is 18.9. The van der Waals surface area contributed by atoms with Crippen LogP contribution in [0.5, 0.6) is 0 Å². The van der Waals surface area contributed by atoms with Crippen LogP contribution in [-0.4, -0.2) is 66.7 Å². The summed E-state index contributed by atoms with van der Waals surface area (Å²) in [5, 5.41) is 4.47. The van der Waals surface area contributed by atoms with Crippen LogP contribution >= 0.6 is 11.8 Å². The number of thioether (sulfide) groups is 1. The highest BCUT2D eigenvalue weighted by molar-refractivity contribution is 8.03. The number of nitrogens with two attached hydrogens (primary N) is 2. The van der Waals surface area contributed by atoms with Gasteiger partial charge in [-0.05, 0) is 127 Å². The van der Waals surface area contributed by atoms with E-state index in [2.05, 4.69) is 116 Å². The number of nitrogen functional groups attached to an aromatic ring is 1. The number of allylic oxidation sites excluding steroid dienone is 7. The normalized spacial score (nSPS) is 19.5.